The molecule has 0 amide bonds. The van der Waals surface area contributed by atoms with Gasteiger partial charge in [0.2, 0.25) is 0 Å². The van der Waals surface area contributed by atoms with Crippen LogP contribution in [0, 0.1) is 5.41 Å². The molecule has 0 spiro atoms. The first-order valence-electron chi connectivity index (χ1n) is 4.88. The van der Waals surface area contributed by atoms with Crippen LogP contribution >= 0.6 is 11.5 Å². The van der Waals surface area contributed by atoms with Gasteiger partial charge in [0.1, 0.15) is 0 Å². The van der Waals surface area contributed by atoms with Crippen LogP contribution in [0.2, 0.25) is 0 Å². The van der Waals surface area contributed by atoms with Crippen molar-refractivity contribution in [2.45, 2.75) is 19.3 Å². The van der Waals surface area contributed by atoms with E-state index in [1.165, 1.54) is 11.5 Å². The van der Waals surface area contributed by atoms with Crippen molar-refractivity contribution in [1.29, 1.82) is 0 Å². The van der Waals surface area contributed by atoms with E-state index in [2.05, 4.69) is 9.59 Å². The van der Waals surface area contributed by atoms with E-state index in [0.29, 0.717) is 6.54 Å². The first kappa shape index (κ1) is 10.0. The summed E-state index contributed by atoms with van der Waals surface area (Å²) in [4.78, 5) is 0. The Hall–Kier alpha value is -0.520. The van der Waals surface area contributed by atoms with Gasteiger partial charge in [0, 0.05) is 18.6 Å². The average Bonchev–Trinajstić information content (AvgIpc) is 2.72. The summed E-state index contributed by atoms with van der Waals surface area (Å²) in [5.41, 5.74) is 7.13. The molecule has 0 atom stereocenters. The van der Waals surface area contributed by atoms with Gasteiger partial charge < -0.3 is 10.5 Å². The Morgan fingerprint density at radius 2 is 2.29 bits per heavy atom. The summed E-state index contributed by atoms with van der Waals surface area (Å²) >= 11 is 1.40. The summed E-state index contributed by atoms with van der Waals surface area (Å²) < 4.78 is 9.23. The van der Waals surface area contributed by atoms with E-state index >= 15 is 0 Å². The Labute approximate surface area is 87.6 Å². The molecule has 1 aliphatic rings. The van der Waals surface area contributed by atoms with Crippen LogP contribution < -0.4 is 5.73 Å². The second-order valence-corrected chi connectivity index (χ2v) is 4.50. The Balaban J connectivity index is 2.04. The van der Waals surface area contributed by atoms with Crippen molar-refractivity contribution in [2.75, 3.05) is 19.8 Å². The third-order valence-electron chi connectivity index (χ3n) is 2.95. The van der Waals surface area contributed by atoms with Crippen LogP contribution in [0.1, 0.15) is 18.5 Å². The van der Waals surface area contributed by atoms with Crippen LogP contribution in [0.15, 0.2) is 5.38 Å². The first-order valence-corrected chi connectivity index (χ1v) is 5.72. The summed E-state index contributed by atoms with van der Waals surface area (Å²) in [7, 11) is 0. The Kier molecular flexibility index (Phi) is 3.10. The smallest absolute Gasteiger partial charge is 0.0761 e. The van der Waals surface area contributed by atoms with Gasteiger partial charge >= 0.3 is 0 Å². The fourth-order valence-electron chi connectivity index (χ4n) is 1.90. The second-order valence-electron chi connectivity index (χ2n) is 3.89. The van der Waals surface area contributed by atoms with E-state index in [1.54, 1.807) is 0 Å². The number of aromatic nitrogens is 2. The third kappa shape index (κ3) is 2.10. The monoisotopic (exact) mass is 213 g/mol. The van der Waals surface area contributed by atoms with Crippen LogP contribution in [0.25, 0.3) is 0 Å². The minimum absolute atomic E-state index is 0.202. The van der Waals surface area contributed by atoms with Crippen molar-refractivity contribution < 1.29 is 4.74 Å². The van der Waals surface area contributed by atoms with E-state index in [1.807, 2.05) is 5.38 Å². The molecule has 0 radical (unpaired) electrons. The highest BCUT2D eigenvalue weighted by molar-refractivity contribution is 7.03. The van der Waals surface area contributed by atoms with Gasteiger partial charge in [-0.2, -0.15) is 0 Å². The van der Waals surface area contributed by atoms with Gasteiger partial charge in [0.05, 0.1) is 5.69 Å². The van der Waals surface area contributed by atoms with E-state index in [9.17, 15) is 0 Å². The van der Waals surface area contributed by atoms with E-state index in [4.69, 9.17) is 10.5 Å². The maximum atomic E-state index is 5.85. The van der Waals surface area contributed by atoms with Gasteiger partial charge in [-0.3, -0.25) is 0 Å². The molecule has 1 saturated heterocycles. The highest BCUT2D eigenvalue weighted by Crippen LogP contribution is 2.32. The predicted octanol–water partition coefficient (Wildman–Crippen LogP) is 0.836. The van der Waals surface area contributed by atoms with Crippen molar-refractivity contribution in [3.8, 4) is 0 Å². The lowest BCUT2D eigenvalue weighted by Gasteiger charge is -2.35. The molecule has 0 unspecified atom stereocenters. The Morgan fingerprint density at radius 3 is 2.86 bits per heavy atom. The van der Waals surface area contributed by atoms with E-state index in [0.717, 1.165) is 38.2 Å². The number of hydrogen-bond acceptors (Lipinski definition) is 5. The highest BCUT2D eigenvalue weighted by atomic mass is 32.1. The number of hydrogen-bond donors (Lipinski definition) is 1. The summed E-state index contributed by atoms with van der Waals surface area (Å²) in [6.07, 6.45) is 3.03. The molecule has 1 aromatic heterocycles. The fourth-order valence-corrected chi connectivity index (χ4v) is 2.35. The molecule has 0 bridgehead atoms. The molecule has 1 aliphatic heterocycles. The summed E-state index contributed by atoms with van der Waals surface area (Å²) in [6, 6.07) is 0. The molecule has 78 valence electrons. The van der Waals surface area contributed by atoms with Crippen LogP contribution in [0.3, 0.4) is 0 Å². The van der Waals surface area contributed by atoms with Gasteiger partial charge in [-0.05, 0) is 42.8 Å². The molecule has 2 heterocycles. The second kappa shape index (κ2) is 4.33. The number of ether oxygens (including phenoxy) is 1. The standard InChI is InChI=1S/C9H15N3OS/c10-7-9(1-3-13-4-2-9)5-8-6-14-12-11-8/h6H,1-5,7,10H2. The maximum absolute atomic E-state index is 5.85. The molecular weight excluding hydrogens is 198 g/mol. The average molecular weight is 213 g/mol. The minimum atomic E-state index is 0.202. The van der Waals surface area contributed by atoms with Gasteiger partial charge in [-0.25, -0.2) is 0 Å². The predicted molar refractivity (Wildman–Crippen MR) is 55.2 cm³/mol. The largest absolute Gasteiger partial charge is 0.381 e. The fraction of sp³-hybridized carbons (Fsp3) is 0.778. The zero-order chi connectivity index (χ0) is 9.86. The lowest BCUT2D eigenvalue weighted by atomic mass is 9.77. The molecule has 1 aromatic rings. The molecule has 0 aromatic carbocycles. The Morgan fingerprint density at radius 1 is 1.50 bits per heavy atom. The van der Waals surface area contributed by atoms with Gasteiger partial charge in [-0.15, -0.1) is 5.10 Å². The molecular formula is C9H15N3OS. The van der Waals surface area contributed by atoms with Gasteiger partial charge in [-0.1, -0.05) is 4.49 Å². The number of nitrogens with zero attached hydrogens (tertiary/aromatic N) is 2. The molecule has 14 heavy (non-hydrogen) atoms. The van der Waals surface area contributed by atoms with Crippen LogP contribution in [0.4, 0.5) is 0 Å². The summed E-state index contributed by atoms with van der Waals surface area (Å²) in [5, 5.41) is 6.08. The molecule has 4 nitrogen and oxygen atoms in total. The molecule has 0 saturated carbocycles. The minimum Gasteiger partial charge on any atom is -0.381 e. The third-order valence-corrected chi connectivity index (χ3v) is 3.50. The van der Waals surface area contributed by atoms with Crippen LogP contribution in [0.5, 0.6) is 0 Å². The van der Waals surface area contributed by atoms with Gasteiger partial charge in [0.15, 0.2) is 0 Å². The van der Waals surface area contributed by atoms with Crippen molar-refractivity contribution >= 4 is 11.5 Å². The summed E-state index contributed by atoms with van der Waals surface area (Å²) in [6.45, 7) is 2.37. The summed E-state index contributed by atoms with van der Waals surface area (Å²) in [5.74, 6) is 0. The SMILES string of the molecule is NCC1(Cc2csnn2)CCOCC1. The molecule has 1 fully saturated rings. The maximum Gasteiger partial charge on any atom is 0.0761 e. The van der Waals surface area contributed by atoms with Crippen molar-refractivity contribution in [2.24, 2.45) is 11.1 Å². The van der Waals surface area contributed by atoms with E-state index < -0.39 is 0 Å². The zero-order valence-electron chi connectivity index (χ0n) is 8.11. The van der Waals surface area contributed by atoms with E-state index in [-0.39, 0.29) is 5.41 Å². The zero-order valence-corrected chi connectivity index (χ0v) is 8.92. The first-order chi connectivity index (χ1) is 6.85. The van der Waals surface area contributed by atoms with Crippen LogP contribution in [-0.4, -0.2) is 29.3 Å². The molecule has 0 aliphatic carbocycles. The lowest BCUT2D eigenvalue weighted by Crippen LogP contribution is -2.38. The molecule has 2 N–H and O–H groups in total. The topological polar surface area (TPSA) is 61.0 Å². The van der Waals surface area contributed by atoms with Crippen LogP contribution in [-0.2, 0) is 11.2 Å². The van der Waals surface area contributed by atoms with Crippen molar-refractivity contribution in [3.63, 3.8) is 0 Å². The molecule has 2 rings (SSSR count). The number of nitrogens with two attached hydrogens (primary N) is 1. The van der Waals surface area contributed by atoms with Gasteiger partial charge in [0.25, 0.3) is 0 Å². The quantitative estimate of drug-likeness (QED) is 0.808. The lowest BCUT2D eigenvalue weighted by molar-refractivity contribution is 0.0187. The van der Waals surface area contributed by atoms with Crippen molar-refractivity contribution in [1.82, 2.24) is 9.59 Å². The highest BCUT2D eigenvalue weighted by Gasteiger charge is 2.32. The molecule has 5 heteroatoms. The normalized spacial score (nSPS) is 20.9. The van der Waals surface area contributed by atoms with Crippen molar-refractivity contribution in [3.05, 3.63) is 11.1 Å². The Bertz CT molecular complexity index is 270. The number of rotatable bonds is 3.